The van der Waals surface area contributed by atoms with Crippen molar-refractivity contribution in [2.75, 3.05) is 31.3 Å². The second kappa shape index (κ2) is 8.85. The lowest BCUT2D eigenvalue weighted by molar-refractivity contribution is -0.124. The van der Waals surface area contributed by atoms with Crippen molar-refractivity contribution >= 4 is 51.2 Å². The molecule has 2 aromatic rings. The molecule has 1 aliphatic rings. The fourth-order valence-electron chi connectivity index (χ4n) is 2.32. The third-order valence-corrected chi connectivity index (χ3v) is 5.39. The van der Waals surface area contributed by atoms with Crippen molar-refractivity contribution in [2.24, 2.45) is 0 Å². The van der Waals surface area contributed by atoms with E-state index >= 15 is 0 Å². The maximum absolute atomic E-state index is 12.2. The van der Waals surface area contributed by atoms with Crippen LogP contribution in [0.25, 0.3) is 0 Å². The van der Waals surface area contributed by atoms with Gasteiger partial charge in [-0.05, 0) is 24.3 Å². The largest absolute Gasteiger partial charge is 0.497 e. The molecule has 146 valence electrons. The quantitative estimate of drug-likeness (QED) is 0.702. The van der Waals surface area contributed by atoms with Crippen molar-refractivity contribution < 1.29 is 23.9 Å². The molecule has 2 heterocycles. The Balaban J connectivity index is 1.51. The van der Waals surface area contributed by atoms with Crippen LogP contribution in [0.15, 0.2) is 29.6 Å². The van der Waals surface area contributed by atoms with Crippen LogP contribution in [0.4, 0.5) is 9.93 Å². The number of hydrogen-bond donors (Lipinski definition) is 2. The van der Waals surface area contributed by atoms with E-state index in [1.165, 1.54) is 12.5 Å². The molecule has 1 aromatic carbocycles. The van der Waals surface area contributed by atoms with Crippen LogP contribution in [0.3, 0.4) is 0 Å². The fraction of sp³-hybridized carbons (Fsp3) is 0.235. The SMILES string of the molecule is COc1ccc(C(=O)Nc2nc(C(=O)NCCN3C(=O)CSC3=O)cs2)cc1. The summed E-state index contributed by atoms with van der Waals surface area (Å²) in [5.74, 6) is -0.293. The predicted molar refractivity (Wildman–Crippen MR) is 105 cm³/mol. The number of nitrogens with one attached hydrogen (secondary N) is 2. The van der Waals surface area contributed by atoms with E-state index < -0.39 is 5.91 Å². The molecule has 0 saturated carbocycles. The van der Waals surface area contributed by atoms with Crippen LogP contribution in [0, 0.1) is 0 Å². The summed E-state index contributed by atoms with van der Waals surface area (Å²) < 4.78 is 5.05. The number of ether oxygens (including phenoxy) is 1. The molecule has 0 spiro atoms. The van der Waals surface area contributed by atoms with Gasteiger partial charge in [0.05, 0.1) is 12.9 Å². The number of rotatable bonds is 7. The van der Waals surface area contributed by atoms with Crippen molar-refractivity contribution in [3.63, 3.8) is 0 Å². The van der Waals surface area contributed by atoms with Gasteiger partial charge in [-0.1, -0.05) is 11.8 Å². The molecule has 1 aliphatic heterocycles. The Morgan fingerprint density at radius 2 is 1.96 bits per heavy atom. The summed E-state index contributed by atoms with van der Waals surface area (Å²) in [5, 5.41) is 6.72. The molecule has 0 aliphatic carbocycles. The number of benzene rings is 1. The monoisotopic (exact) mass is 420 g/mol. The number of amides is 4. The zero-order valence-electron chi connectivity index (χ0n) is 14.8. The summed E-state index contributed by atoms with van der Waals surface area (Å²) in [6, 6.07) is 6.58. The van der Waals surface area contributed by atoms with Crippen LogP contribution < -0.4 is 15.4 Å². The van der Waals surface area contributed by atoms with Gasteiger partial charge in [0, 0.05) is 24.0 Å². The first kappa shape index (κ1) is 19.8. The lowest BCUT2D eigenvalue weighted by Gasteiger charge is -2.12. The van der Waals surface area contributed by atoms with E-state index in [2.05, 4.69) is 15.6 Å². The summed E-state index contributed by atoms with van der Waals surface area (Å²) in [4.78, 5) is 52.5. The average molecular weight is 420 g/mol. The van der Waals surface area contributed by atoms with Gasteiger partial charge in [0.2, 0.25) is 5.91 Å². The maximum atomic E-state index is 12.2. The van der Waals surface area contributed by atoms with Crippen LogP contribution in [0.2, 0.25) is 0 Å². The summed E-state index contributed by atoms with van der Waals surface area (Å²) in [6.07, 6.45) is 0. The highest BCUT2D eigenvalue weighted by Gasteiger charge is 2.29. The Labute approximate surface area is 168 Å². The minimum atomic E-state index is -0.451. The van der Waals surface area contributed by atoms with E-state index in [4.69, 9.17) is 4.74 Å². The first-order valence-electron chi connectivity index (χ1n) is 8.14. The normalized spacial score (nSPS) is 13.5. The highest BCUT2D eigenvalue weighted by molar-refractivity contribution is 8.14. The van der Waals surface area contributed by atoms with Gasteiger partial charge in [0.15, 0.2) is 5.13 Å². The number of carbonyl (C=O) groups is 4. The summed E-state index contributed by atoms with van der Waals surface area (Å²) in [6.45, 7) is 0.240. The van der Waals surface area contributed by atoms with Crippen molar-refractivity contribution in [3.8, 4) is 5.75 Å². The number of nitrogens with zero attached hydrogens (tertiary/aromatic N) is 2. The second-order valence-electron chi connectivity index (χ2n) is 5.58. The Hall–Kier alpha value is -2.92. The Bertz CT molecular complexity index is 897. The molecule has 9 nitrogen and oxygen atoms in total. The molecule has 11 heteroatoms. The minimum absolute atomic E-state index is 0.113. The first-order valence-corrected chi connectivity index (χ1v) is 10.0. The smallest absolute Gasteiger partial charge is 0.288 e. The second-order valence-corrected chi connectivity index (χ2v) is 7.36. The Kier molecular flexibility index (Phi) is 6.26. The van der Waals surface area contributed by atoms with Crippen molar-refractivity contribution in [3.05, 3.63) is 40.9 Å². The van der Waals surface area contributed by atoms with Gasteiger partial charge in [-0.25, -0.2) is 4.98 Å². The lowest BCUT2D eigenvalue weighted by Crippen LogP contribution is -2.37. The molecule has 0 bridgehead atoms. The highest BCUT2D eigenvalue weighted by Crippen LogP contribution is 2.19. The zero-order chi connectivity index (χ0) is 20.1. The molecular weight excluding hydrogens is 404 g/mol. The van der Waals surface area contributed by atoms with Gasteiger partial charge in [-0.3, -0.25) is 29.4 Å². The molecule has 4 amide bonds. The highest BCUT2D eigenvalue weighted by atomic mass is 32.2. The Morgan fingerprint density at radius 1 is 1.21 bits per heavy atom. The number of aromatic nitrogens is 1. The van der Waals surface area contributed by atoms with Crippen LogP contribution in [-0.2, 0) is 4.79 Å². The van der Waals surface area contributed by atoms with Crippen molar-refractivity contribution in [1.29, 1.82) is 0 Å². The number of anilines is 1. The van der Waals surface area contributed by atoms with E-state index in [-0.39, 0.29) is 46.7 Å². The van der Waals surface area contributed by atoms with E-state index in [1.54, 1.807) is 24.3 Å². The minimum Gasteiger partial charge on any atom is -0.497 e. The number of imide groups is 1. The van der Waals surface area contributed by atoms with Crippen LogP contribution in [-0.4, -0.2) is 58.8 Å². The molecule has 1 fully saturated rings. The van der Waals surface area contributed by atoms with E-state index in [9.17, 15) is 19.2 Å². The van der Waals surface area contributed by atoms with Crippen LogP contribution in [0.1, 0.15) is 20.8 Å². The predicted octanol–water partition coefficient (Wildman–Crippen LogP) is 1.83. The third kappa shape index (κ3) is 4.67. The van der Waals surface area contributed by atoms with Gasteiger partial charge >= 0.3 is 0 Å². The standard InChI is InChI=1S/C17H16N4O5S2/c1-26-11-4-2-10(3-5-11)14(23)20-16-19-12(8-27-16)15(24)18-6-7-21-13(22)9-28-17(21)25/h2-5,8H,6-7,9H2,1H3,(H,18,24)(H,19,20,23). The van der Waals surface area contributed by atoms with Crippen LogP contribution >= 0.6 is 23.1 Å². The third-order valence-electron chi connectivity index (χ3n) is 3.77. The molecule has 0 atom stereocenters. The number of thiazole rings is 1. The number of thioether (sulfide) groups is 1. The topological polar surface area (TPSA) is 118 Å². The summed E-state index contributed by atoms with van der Waals surface area (Å²) in [7, 11) is 1.54. The molecule has 1 saturated heterocycles. The van der Waals surface area contributed by atoms with Gasteiger partial charge in [0.25, 0.3) is 17.1 Å². The van der Waals surface area contributed by atoms with Crippen molar-refractivity contribution in [2.45, 2.75) is 0 Å². The van der Waals surface area contributed by atoms with Crippen molar-refractivity contribution in [1.82, 2.24) is 15.2 Å². The molecule has 1 aromatic heterocycles. The van der Waals surface area contributed by atoms with Gasteiger partial charge in [-0.2, -0.15) is 0 Å². The van der Waals surface area contributed by atoms with Crippen LogP contribution in [0.5, 0.6) is 5.75 Å². The zero-order valence-corrected chi connectivity index (χ0v) is 16.4. The number of methoxy groups -OCH3 is 1. The van der Waals surface area contributed by atoms with Gasteiger partial charge in [-0.15, -0.1) is 11.3 Å². The summed E-state index contributed by atoms with van der Waals surface area (Å²) >= 11 is 2.06. The Morgan fingerprint density at radius 3 is 2.61 bits per heavy atom. The van der Waals surface area contributed by atoms with Gasteiger partial charge < -0.3 is 10.1 Å². The molecule has 2 N–H and O–H groups in total. The maximum Gasteiger partial charge on any atom is 0.288 e. The van der Waals surface area contributed by atoms with E-state index in [0.29, 0.717) is 11.3 Å². The summed E-state index contributed by atoms with van der Waals surface area (Å²) in [5.41, 5.74) is 0.572. The molecule has 0 unspecified atom stereocenters. The fourth-order valence-corrected chi connectivity index (χ4v) is 3.75. The molecule has 28 heavy (non-hydrogen) atoms. The van der Waals surface area contributed by atoms with E-state index in [1.807, 2.05) is 0 Å². The molecular formula is C17H16N4O5S2. The first-order chi connectivity index (χ1) is 13.5. The molecule has 3 rings (SSSR count). The lowest BCUT2D eigenvalue weighted by atomic mass is 10.2. The average Bonchev–Trinajstić information content (AvgIpc) is 3.29. The van der Waals surface area contributed by atoms with Gasteiger partial charge in [0.1, 0.15) is 11.4 Å². The number of hydrogen-bond acceptors (Lipinski definition) is 8. The van der Waals surface area contributed by atoms with E-state index in [0.717, 1.165) is 28.0 Å². The number of carbonyl (C=O) groups excluding carboxylic acids is 4. The molecule has 0 radical (unpaired) electrons.